The summed E-state index contributed by atoms with van der Waals surface area (Å²) in [5, 5.41) is 2.78. The number of fused-ring (bicyclic) bond motifs is 1. The fourth-order valence-electron chi connectivity index (χ4n) is 2.42. The summed E-state index contributed by atoms with van der Waals surface area (Å²) in [5.74, 6) is -1.26. The van der Waals surface area contributed by atoms with Gasteiger partial charge in [0, 0.05) is 11.7 Å². The van der Waals surface area contributed by atoms with Gasteiger partial charge in [0.05, 0.1) is 11.1 Å². The van der Waals surface area contributed by atoms with Crippen molar-refractivity contribution in [1.82, 2.24) is 10.2 Å². The van der Waals surface area contributed by atoms with E-state index in [2.05, 4.69) is 5.32 Å². The van der Waals surface area contributed by atoms with E-state index in [4.69, 9.17) is 5.73 Å². The number of amides is 3. The highest BCUT2D eigenvalue weighted by molar-refractivity contribution is 6.22. The smallest absolute Gasteiger partial charge is 0.262 e. The zero-order chi connectivity index (χ0) is 15.6. The Bertz CT molecular complexity index is 598. The maximum absolute atomic E-state index is 12.2. The highest BCUT2D eigenvalue weighted by Crippen LogP contribution is 2.24. The van der Waals surface area contributed by atoms with Gasteiger partial charge in [-0.15, -0.1) is 0 Å². The van der Waals surface area contributed by atoms with Crippen LogP contribution in [0.2, 0.25) is 0 Å². The van der Waals surface area contributed by atoms with Gasteiger partial charge < -0.3 is 11.1 Å². The summed E-state index contributed by atoms with van der Waals surface area (Å²) in [7, 11) is 0. The summed E-state index contributed by atoms with van der Waals surface area (Å²) in [6.07, 6.45) is 1.80. The third-order valence-electron chi connectivity index (χ3n) is 3.43. The standard InChI is InChI=1S/C15H19N3O3/c1-3-4-9(2)17-13(19)8-18-14(20)11-6-5-10(16)7-12(11)15(18)21/h5-7,9H,3-4,8,16H2,1-2H3,(H,17,19). The lowest BCUT2D eigenvalue weighted by Gasteiger charge is -2.17. The monoisotopic (exact) mass is 289 g/mol. The highest BCUT2D eigenvalue weighted by Gasteiger charge is 2.36. The molecule has 0 saturated carbocycles. The molecule has 6 heteroatoms. The second-order valence-corrected chi connectivity index (χ2v) is 5.26. The van der Waals surface area contributed by atoms with Crippen LogP contribution in [0, 0.1) is 0 Å². The summed E-state index contributed by atoms with van der Waals surface area (Å²) >= 11 is 0. The molecule has 0 saturated heterocycles. The number of imide groups is 1. The van der Waals surface area contributed by atoms with Crippen LogP contribution in [0.15, 0.2) is 18.2 Å². The third kappa shape index (κ3) is 3.04. The van der Waals surface area contributed by atoms with Crippen LogP contribution in [-0.4, -0.2) is 35.2 Å². The predicted octanol–water partition coefficient (Wildman–Crippen LogP) is 1.17. The summed E-state index contributed by atoms with van der Waals surface area (Å²) in [5.41, 5.74) is 6.59. The SMILES string of the molecule is CCCC(C)NC(=O)CN1C(=O)c2ccc(N)cc2C1=O. The molecule has 1 atom stereocenters. The summed E-state index contributed by atoms with van der Waals surface area (Å²) in [6.45, 7) is 3.65. The molecule has 1 aromatic rings. The number of hydrogen-bond acceptors (Lipinski definition) is 4. The summed E-state index contributed by atoms with van der Waals surface area (Å²) in [6, 6.07) is 4.57. The maximum Gasteiger partial charge on any atom is 0.262 e. The Morgan fingerprint density at radius 1 is 1.29 bits per heavy atom. The number of hydrogen-bond donors (Lipinski definition) is 2. The molecule has 1 aliphatic heterocycles. The lowest BCUT2D eigenvalue weighted by Crippen LogP contribution is -2.43. The molecular weight excluding hydrogens is 270 g/mol. The first-order chi connectivity index (χ1) is 9.93. The molecule has 21 heavy (non-hydrogen) atoms. The molecule has 0 radical (unpaired) electrons. The van der Waals surface area contributed by atoms with Gasteiger partial charge in [0.1, 0.15) is 6.54 Å². The van der Waals surface area contributed by atoms with Gasteiger partial charge in [-0.25, -0.2) is 0 Å². The van der Waals surface area contributed by atoms with Crippen LogP contribution in [0.5, 0.6) is 0 Å². The van der Waals surface area contributed by atoms with Crippen molar-refractivity contribution in [3.8, 4) is 0 Å². The Hall–Kier alpha value is -2.37. The fraction of sp³-hybridized carbons (Fsp3) is 0.400. The Labute approximate surface area is 123 Å². The molecule has 6 nitrogen and oxygen atoms in total. The van der Waals surface area contributed by atoms with Crippen LogP contribution in [0.25, 0.3) is 0 Å². The van der Waals surface area contributed by atoms with E-state index in [9.17, 15) is 14.4 Å². The molecule has 0 fully saturated rings. The van der Waals surface area contributed by atoms with E-state index in [-0.39, 0.29) is 24.1 Å². The van der Waals surface area contributed by atoms with Crippen LogP contribution in [-0.2, 0) is 4.79 Å². The van der Waals surface area contributed by atoms with E-state index in [1.54, 1.807) is 6.07 Å². The molecule has 0 spiro atoms. The number of nitrogens with zero attached hydrogens (tertiary/aromatic N) is 1. The fourth-order valence-corrected chi connectivity index (χ4v) is 2.42. The quantitative estimate of drug-likeness (QED) is 0.628. The Morgan fingerprint density at radius 3 is 2.62 bits per heavy atom. The van der Waals surface area contributed by atoms with Crippen LogP contribution in [0.1, 0.15) is 47.4 Å². The molecular formula is C15H19N3O3. The van der Waals surface area contributed by atoms with Gasteiger partial charge in [0.25, 0.3) is 11.8 Å². The maximum atomic E-state index is 12.2. The Balaban J connectivity index is 2.08. The number of benzene rings is 1. The minimum Gasteiger partial charge on any atom is -0.399 e. The molecule has 0 bridgehead atoms. The van der Waals surface area contributed by atoms with E-state index in [0.29, 0.717) is 11.3 Å². The first kappa shape index (κ1) is 15.0. The normalized spacial score (nSPS) is 15.0. The van der Waals surface area contributed by atoms with Crippen LogP contribution in [0.4, 0.5) is 5.69 Å². The minimum atomic E-state index is -0.472. The Kier molecular flexibility index (Phi) is 4.26. The molecule has 3 N–H and O–H groups in total. The predicted molar refractivity (Wildman–Crippen MR) is 78.7 cm³/mol. The van der Waals surface area contributed by atoms with E-state index in [1.807, 2.05) is 13.8 Å². The molecule has 0 aromatic heterocycles. The number of carbonyl (C=O) groups is 3. The van der Waals surface area contributed by atoms with Crippen LogP contribution >= 0.6 is 0 Å². The molecule has 1 aromatic carbocycles. The topological polar surface area (TPSA) is 92.5 Å². The molecule has 1 heterocycles. The van der Waals surface area contributed by atoms with E-state index in [0.717, 1.165) is 17.7 Å². The first-order valence-electron chi connectivity index (χ1n) is 6.99. The van der Waals surface area contributed by atoms with Crippen molar-refractivity contribution in [2.24, 2.45) is 0 Å². The van der Waals surface area contributed by atoms with Crippen molar-refractivity contribution in [2.45, 2.75) is 32.7 Å². The van der Waals surface area contributed by atoms with E-state index >= 15 is 0 Å². The van der Waals surface area contributed by atoms with Gasteiger partial charge in [-0.1, -0.05) is 13.3 Å². The van der Waals surface area contributed by atoms with Gasteiger partial charge in [-0.2, -0.15) is 0 Å². The first-order valence-corrected chi connectivity index (χ1v) is 6.99. The molecule has 0 aliphatic carbocycles. The van der Waals surface area contributed by atoms with Gasteiger partial charge in [0.15, 0.2) is 0 Å². The molecule has 1 unspecified atom stereocenters. The largest absolute Gasteiger partial charge is 0.399 e. The van der Waals surface area contributed by atoms with Crippen molar-refractivity contribution >= 4 is 23.4 Å². The number of rotatable bonds is 5. The average Bonchev–Trinajstić information content (AvgIpc) is 2.64. The lowest BCUT2D eigenvalue weighted by atomic mass is 10.1. The summed E-state index contributed by atoms with van der Waals surface area (Å²) in [4.78, 5) is 37.2. The third-order valence-corrected chi connectivity index (χ3v) is 3.43. The molecule has 1 aliphatic rings. The zero-order valence-corrected chi connectivity index (χ0v) is 12.2. The van der Waals surface area contributed by atoms with Crippen molar-refractivity contribution in [3.63, 3.8) is 0 Å². The van der Waals surface area contributed by atoms with Gasteiger partial charge in [0.2, 0.25) is 5.91 Å². The lowest BCUT2D eigenvalue weighted by molar-refractivity contribution is -0.122. The second-order valence-electron chi connectivity index (χ2n) is 5.26. The zero-order valence-electron chi connectivity index (χ0n) is 12.2. The number of nitrogens with one attached hydrogen (secondary N) is 1. The number of anilines is 1. The molecule has 2 rings (SSSR count). The van der Waals surface area contributed by atoms with Gasteiger partial charge >= 0.3 is 0 Å². The van der Waals surface area contributed by atoms with Crippen molar-refractivity contribution in [2.75, 3.05) is 12.3 Å². The molecule has 112 valence electrons. The van der Waals surface area contributed by atoms with Crippen molar-refractivity contribution < 1.29 is 14.4 Å². The van der Waals surface area contributed by atoms with Gasteiger partial charge in [-0.05, 0) is 31.5 Å². The minimum absolute atomic E-state index is 0.0216. The van der Waals surface area contributed by atoms with Crippen LogP contribution < -0.4 is 11.1 Å². The van der Waals surface area contributed by atoms with Crippen molar-refractivity contribution in [1.29, 1.82) is 0 Å². The van der Waals surface area contributed by atoms with E-state index in [1.165, 1.54) is 12.1 Å². The number of carbonyl (C=O) groups excluding carboxylic acids is 3. The second kappa shape index (κ2) is 5.95. The average molecular weight is 289 g/mol. The van der Waals surface area contributed by atoms with Crippen molar-refractivity contribution in [3.05, 3.63) is 29.3 Å². The van der Waals surface area contributed by atoms with Gasteiger partial charge in [-0.3, -0.25) is 19.3 Å². The Morgan fingerprint density at radius 2 is 1.95 bits per heavy atom. The highest BCUT2D eigenvalue weighted by atomic mass is 16.2. The number of nitrogen functional groups attached to an aromatic ring is 1. The van der Waals surface area contributed by atoms with E-state index < -0.39 is 11.8 Å². The summed E-state index contributed by atoms with van der Waals surface area (Å²) < 4.78 is 0. The number of nitrogens with two attached hydrogens (primary N) is 1. The molecule has 3 amide bonds. The van der Waals surface area contributed by atoms with Crippen LogP contribution in [0.3, 0.4) is 0 Å².